The molecular weight excluding hydrogens is 360 g/mol. The lowest BCUT2D eigenvalue weighted by molar-refractivity contribution is 0.0526. The topological polar surface area (TPSA) is 96.9 Å². The van der Waals surface area contributed by atoms with E-state index in [1.807, 2.05) is 11.6 Å². The fourth-order valence-electron chi connectivity index (χ4n) is 3.73. The van der Waals surface area contributed by atoms with Gasteiger partial charge in [-0.05, 0) is 26.7 Å². The first kappa shape index (κ1) is 18.4. The number of aryl methyl sites for hydroxylation is 1. The molecule has 1 saturated carbocycles. The van der Waals surface area contributed by atoms with Crippen LogP contribution in [0.25, 0.3) is 17.0 Å². The second kappa shape index (κ2) is 7.57. The van der Waals surface area contributed by atoms with Gasteiger partial charge in [-0.1, -0.05) is 19.3 Å². The second-order valence-corrected chi connectivity index (χ2v) is 6.95. The monoisotopic (exact) mass is 384 g/mol. The second-order valence-electron chi connectivity index (χ2n) is 6.95. The Labute approximate surface area is 162 Å². The van der Waals surface area contributed by atoms with E-state index in [2.05, 4.69) is 15.1 Å². The molecule has 0 radical (unpaired) electrons. The van der Waals surface area contributed by atoms with Gasteiger partial charge in [0.05, 0.1) is 37.2 Å². The molecule has 9 nitrogen and oxygen atoms in total. The van der Waals surface area contributed by atoms with E-state index in [9.17, 15) is 4.79 Å². The fourth-order valence-corrected chi connectivity index (χ4v) is 3.73. The van der Waals surface area contributed by atoms with Crippen LogP contribution >= 0.6 is 0 Å². The van der Waals surface area contributed by atoms with E-state index in [1.165, 1.54) is 30.1 Å². The summed E-state index contributed by atoms with van der Waals surface area (Å²) in [5.41, 5.74) is 2.72. The summed E-state index contributed by atoms with van der Waals surface area (Å²) < 4.78 is 14.1. The van der Waals surface area contributed by atoms with Gasteiger partial charge < -0.3 is 9.47 Å². The smallest absolute Gasteiger partial charge is 0.341 e. The summed E-state index contributed by atoms with van der Waals surface area (Å²) in [6, 6.07) is 0.341. The van der Waals surface area contributed by atoms with Gasteiger partial charge in [0.2, 0.25) is 5.88 Å². The van der Waals surface area contributed by atoms with Crippen LogP contribution in [0.4, 0.5) is 0 Å². The molecule has 0 amide bonds. The van der Waals surface area contributed by atoms with Crippen LogP contribution in [-0.4, -0.2) is 49.2 Å². The van der Waals surface area contributed by atoms with Crippen molar-refractivity contribution >= 4 is 17.0 Å². The maximum Gasteiger partial charge on any atom is 0.341 e. The number of aromatic nitrogens is 6. The highest BCUT2D eigenvalue weighted by Gasteiger charge is 2.24. The molecule has 0 unspecified atom stereocenters. The molecule has 0 aromatic carbocycles. The Morgan fingerprint density at radius 2 is 2.04 bits per heavy atom. The van der Waals surface area contributed by atoms with Gasteiger partial charge in [0.1, 0.15) is 11.0 Å². The third-order valence-electron chi connectivity index (χ3n) is 5.08. The van der Waals surface area contributed by atoms with Gasteiger partial charge in [-0.3, -0.25) is 4.68 Å². The lowest BCUT2D eigenvalue weighted by Gasteiger charge is -2.23. The molecule has 1 aliphatic rings. The number of esters is 1. The number of carbonyl (C=O) groups is 1. The molecule has 148 valence electrons. The van der Waals surface area contributed by atoms with Gasteiger partial charge in [-0.25, -0.2) is 14.5 Å². The van der Waals surface area contributed by atoms with E-state index in [-0.39, 0.29) is 0 Å². The lowest BCUT2D eigenvalue weighted by Crippen LogP contribution is -2.15. The molecule has 0 bridgehead atoms. The highest BCUT2D eigenvalue weighted by molar-refractivity contribution is 5.89. The van der Waals surface area contributed by atoms with Crippen molar-refractivity contribution in [3.63, 3.8) is 0 Å². The first-order chi connectivity index (χ1) is 13.6. The first-order valence-corrected chi connectivity index (χ1v) is 9.65. The van der Waals surface area contributed by atoms with Gasteiger partial charge in [0.15, 0.2) is 0 Å². The number of hydrogen-bond donors (Lipinski definition) is 0. The van der Waals surface area contributed by atoms with Crippen LogP contribution in [0.2, 0.25) is 0 Å². The molecule has 3 aromatic heterocycles. The summed E-state index contributed by atoms with van der Waals surface area (Å²) in [5.74, 6) is 0.355. The van der Waals surface area contributed by atoms with Crippen LogP contribution in [-0.2, 0) is 4.74 Å². The minimum Gasteiger partial charge on any atom is -0.479 e. The van der Waals surface area contributed by atoms with E-state index in [0.29, 0.717) is 30.0 Å². The average Bonchev–Trinajstić information content (AvgIpc) is 3.34. The van der Waals surface area contributed by atoms with Crippen molar-refractivity contribution in [3.05, 3.63) is 23.7 Å². The minimum absolute atomic E-state index is 0.305. The van der Waals surface area contributed by atoms with E-state index in [0.717, 1.165) is 29.6 Å². The van der Waals surface area contributed by atoms with E-state index < -0.39 is 5.97 Å². The van der Waals surface area contributed by atoms with Crippen molar-refractivity contribution in [2.45, 2.75) is 52.0 Å². The Morgan fingerprint density at radius 3 is 2.75 bits per heavy atom. The summed E-state index contributed by atoms with van der Waals surface area (Å²) in [6.07, 6.45) is 8.88. The number of hydrogen-bond acceptors (Lipinski definition) is 7. The van der Waals surface area contributed by atoms with Crippen molar-refractivity contribution < 1.29 is 14.3 Å². The Kier molecular flexibility index (Phi) is 4.97. The quantitative estimate of drug-likeness (QED) is 0.624. The summed E-state index contributed by atoms with van der Waals surface area (Å²) in [4.78, 5) is 21.1. The summed E-state index contributed by atoms with van der Waals surface area (Å²) >= 11 is 0. The predicted molar refractivity (Wildman–Crippen MR) is 102 cm³/mol. The van der Waals surface area contributed by atoms with Gasteiger partial charge in [0, 0.05) is 6.20 Å². The van der Waals surface area contributed by atoms with Gasteiger partial charge in [0.25, 0.3) is 5.95 Å². The van der Waals surface area contributed by atoms with Crippen molar-refractivity contribution in [3.8, 4) is 11.8 Å². The number of fused-ring (bicyclic) bond motifs is 1. The highest BCUT2D eigenvalue weighted by Crippen LogP contribution is 2.34. The molecule has 9 heteroatoms. The number of carbonyl (C=O) groups excluding carboxylic acids is 1. The Hall–Kier alpha value is -2.97. The average molecular weight is 384 g/mol. The van der Waals surface area contributed by atoms with Crippen LogP contribution in [0.15, 0.2) is 12.4 Å². The van der Waals surface area contributed by atoms with Crippen LogP contribution in [0.5, 0.6) is 5.88 Å². The maximum atomic E-state index is 11.9. The zero-order valence-corrected chi connectivity index (χ0v) is 16.4. The van der Waals surface area contributed by atoms with E-state index in [4.69, 9.17) is 14.6 Å². The SMILES string of the molecule is CCOC(=O)c1cnn(-c2nc(OC)c3c(n2)c(C)nn3C2CCCCC2)c1. The lowest BCUT2D eigenvalue weighted by atomic mass is 9.95. The summed E-state index contributed by atoms with van der Waals surface area (Å²) in [6.45, 7) is 4.00. The van der Waals surface area contributed by atoms with E-state index >= 15 is 0 Å². The Balaban J connectivity index is 1.78. The normalized spacial score (nSPS) is 15.1. The minimum atomic E-state index is -0.428. The third-order valence-corrected chi connectivity index (χ3v) is 5.08. The third kappa shape index (κ3) is 3.21. The Morgan fingerprint density at radius 1 is 1.25 bits per heavy atom. The number of nitrogens with zero attached hydrogens (tertiary/aromatic N) is 6. The first-order valence-electron chi connectivity index (χ1n) is 9.65. The zero-order chi connectivity index (χ0) is 19.7. The van der Waals surface area contributed by atoms with Crippen molar-refractivity contribution in [2.75, 3.05) is 13.7 Å². The maximum absolute atomic E-state index is 11.9. The molecule has 1 aliphatic carbocycles. The van der Waals surface area contributed by atoms with Crippen LogP contribution in [0, 0.1) is 6.92 Å². The molecule has 0 N–H and O–H groups in total. The van der Waals surface area contributed by atoms with Gasteiger partial charge >= 0.3 is 5.97 Å². The number of methoxy groups -OCH3 is 1. The van der Waals surface area contributed by atoms with Crippen LogP contribution < -0.4 is 4.74 Å². The zero-order valence-electron chi connectivity index (χ0n) is 16.4. The van der Waals surface area contributed by atoms with E-state index in [1.54, 1.807) is 20.2 Å². The number of ether oxygens (including phenoxy) is 2. The molecule has 3 aromatic rings. The van der Waals surface area contributed by atoms with Crippen molar-refractivity contribution in [1.29, 1.82) is 0 Å². The molecular formula is C19H24N6O3. The van der Waals surface area contributed by atoms with Crippen molar-refractivity contribution in [1.82, 2.24) is 29.5 Å². The standard InChI is InChI=1S/C19H24N6O3/c1-4-28-18(26)13-10-20-24(11-13)19-21-15-12(2)23-25(14-8-6-5-7-9-14)16(15)17(22-19)27-3/h10-11,14H,4-9H2,1-3H3. The molecule has 3 heterocycles. The largest absolute Gasteiger partial charge is 0.479 e. The molecule has 0 spiro atoms. The summed E-state index contributed by atoms with van der Waals surface area (Å²) in [7, 11) is 1.59. The molecule has 28 heavy (non-hydrogen) atoms. The van der Waals surface area contributed by atoms with Crippen LogP contribution in [0.1, 0.15) is 61.1 Å². The highest BCUT2D eigenvalue weighted by atomic mass is 16.5. The van der Waals surface area contributed by atoms with Gasteiger partial charge in [-0.15, -0.1) is 0 Å². The fraction of sp³-hybridized carbons (Fsp3) is 0.526. The van der Waals surface area contributed by atoms with Gasteiger partial charge in [-0.2, -0.15) is 15.2 Å². The molecule has 0 saturated heterocycles. The molecule has 4 rings (SSSR count). The summed E-state index contributed by atoms with van der Waals surface area (Å²) in [5, 5.41) is 8.95. The molecule has 1 fully saturated rings. The van der Waals surface area contributed by atoms with Crippen molar-refractivity contribution in [2.24, 2.45) is 0 Å². The Bertz CT molecular complexity index is 1000. The van der Waals surface area contributed by atoms with Crippen LogP contribution in [0.3, 0.4) is 0 Å². The molecule has 0 aliphatic heterocycles. The number of rotatable bonds is 5. The predicted octanol–water partition coefficient (Wildman–Crippen LogP) is 3.01. The molecule has 0 atom stereocenters.